The maximum atomic E-state index is 11.7. The highest BCUT2D eigenvalue weighted by Gasteiger charge is 2.34. The monoisotopic (exact) mass is 226 g/mol. The van der Waals surface area contributed by atoms with Crippen molar-refractivity contribution >= 4 is 17.2 Å². The first kappa shape index (κ1) is 10.6. The van der Waals surface area contributed by atoms with Gasteiger partial charge >= 0.3 is 0 Å². The van der Waals surface area contributed by atoms with Gasteiger partial charge in [0.2, 0.25) is 0 Å². The SMILES string of the molecule is Cc1ncsc1C(=O)NCC1(O)CCC1. The normalized spacial score (nSPS) is 18.3. The van der Waals surface area contributed by atoms with Crippen LogP contribution in [0.4, 0.5) is 0 Å². The van der Waals surface area contributed by atoms with Gasteiger partial charge < -0.3 is 10.4 Å². The Balaban J connectivity index is 1.90. The molecule has 0 spiro atoms. The van der Waals surface area contributed by atoms with Crippen molar-refractivity contribution in [1.29, 1.82) is 0 Å². The van der Waals surface area contributed by atoms with Crippen LogP contribution in [-0.4, -0.2) is 28.1 Å². The minimum Gasteiger partial charge on any atom is -0.388 e. The van der Waals surface area contributed by atoms with E-state index in [0.717, 1.165) is 25.0 Å². The first-order chi connectivity index (χ1) is 7.11. The molecule has 0 bridgehead atoms. The summed E-state index contributed by atoms with van der Waals surface area (Å²) in [4.78, 5) is 16.3. The van der Waals surface area contributed by atoms with Crippen LogP contribution < -0.4 is 5.32 Å². The average molecular weight is 226 g/mol. The third-order valence-corrected chi connectivity index (χ3v) is 3.74. The number of aryl methyl sites for hydroxylation is 1. The number of rotatable bonds is 3. The number of amides is 1. The smallest absolute Gasteiger partial charge is 0.263 e. The molecular formula is C10H14N2O2S. The molecule has 0 atom stereocenters. The Labute approximate surface area is 92.3 Å². The molecule has 1 aliphatic rings. The fourth-order valence-corrected chi connectivity index (χ4v) is 2.33. The minimum atomic E-state index is -0.658. The summed E-state index contributed by atoms with van der Waals surface area (Å²) in [7, 11) is 0. The Kier molecular flexibility index (Phi) is 2.75. The lowest BCUT2D eigenvalue weighted by atomic mass is 9.80. The van der Waals surface area contributed by atoms with Crippen molar-refractivity contribution in [3.63, 3.8) is 0 Å². The third kappa shape index (κ3) is 2.18. The quantitative estimate of drug-likeness (QED) is 0.811. The predicted molar refractivity (Wildman–Crippen MR) is 58.0 cm³/mol. The largest absolute Gasteiger partial charge is 0.388 e. The topological polar surface area (TPSA) is 62.2 Å². The maximum Gasteiger partial charge on any atom is 0.263 e. The van der Waals surface area contributed by atoms with E-state index in [1.54, 1.807) is 5.51 Å². The van der Waals surface area contributed by atoms with Crippen LogP contribution in [0.15, 0.2) is 5.51 Å². The molecule has 1 aromatic heterocycles. The number of carbonyl (C=O) groups is 1. The highest BCUT2D eigenvalue weighted by atomic mass is 32.1. The molecule has 1 heterocycles. The van der Waals surface area contributed by atoms with Crippen molar-refractivity contribution in [3.8, 4) is 0 Å². The number of thiazole rings is 1. The number of nitrogens with one attached hydrogen (secondary N) is 1. The molecule has 4 nitrogen and oxygen atoms in total. The van der Waals surface area contributed by atoms with Gasteiger partial charge in [0.15, 0.2) is 0 Å². The highest BCUT2D eigenvalue weighted by molar-refractivity contribution is 7.11. The number of nitrogens with zero attached hydrogens (tertiary/aromatic N) is 1. The van der Waals surface area contributed by atoms with Crippen molar-refractivity contribution in [2.45, 2.75) is 31.8 Å². The zero-order valence-electron chi connectivity index (χ0n) is 8.62. The molecule has 1 fully saturated rings. The number of aliphatic hydroxyl groups is 1. The molecule has 2 rings (SSSR count). The summed E-state index contributed by atoms with van der Waals surface area (Å²) in [5.41, 5.74) is 1.74. The fourth-order valence-electron chi connectivity index (χ4n) is 1.61. The molecule has 0 saturated heterocycles. The molecule has 0 unspecified atom stereocenters. The van der Waals surface area contributed by atoms with Crippen LogP contribution >= 0.6 is 11.3 Å². The van der Waals surface area contributed by atoms with Gasteiger partial charge in [-0.1, -0.05) is 0 Å². The molecule has 5 heteroatoms. The van der Waals surface area contributed by atoms with Gasteiger partial charge in [0.05, 0.1) is 16.8 Å². The van der Waals surface area contributed by atoms with Crippen molar-refractivity contribution < 1.29 is 9.90 Å². The first-order valence-corrected chi connectivity index (χ1v) is 5.89. The second-order valence-corrected chi connectivity index (χ2v) is 4.88. The molecule has 1 aromatic rings. The molecule has 0 aliphatic heterocycles. The van der Waals surface area contributed by atoms with E-state index in [-0.39, 0.29) is 5.91 Å². The van der Waals surface area contributed by atoms with Crippen molar-refractivity contribution in [2.24, 2.45) is 0 Å². The Bertz CT molecular complexity index is 371. The van der Waals surface area contributed by atoms with Gasteiger partial charge in [-0.3, -0.25) is 4.79 Å². The predicted octanol–water partition coefficient (Wildman–Crippen LogP) is 1.10. The van der Waals surface area contributed by atoms with Gasteiger partial charge in [0.25, 0.3) is 5.91 Å². The van der Waals surface area contributed by atoms with Crippen molar-refractivity contribution in [1.82, 2.24) is 10.3 Å². The van der Waals surface area contributed by atoms with Gasteiger partial charge in [-0.05, 0) is 26.2 Å². The minimum absolute atomic E-state index is 0.129. The summed E-state index contributed by atoms with van der Waals surface area (Å²) in [6, 6.07) is 0. The molecule has 0 radical (unpaired) electrons. The summed E-state index contributed by atoms with van der Waals surface area (Å²) in [5.74, 6) is -0.129. The van der Waals surface area contributed by atoms with E-state index in [9.17, 15) is 9.90 Å². The molecule has 1 amide bonds. The molecule has 1 aliphatic carbocycles. The van der Waals surface area contributed by atoms with Crippen LogP contribution in [0.5, 0.6) is 0 Å². The van der Waals surface area contributed by atoms with Gasteiger partial charge in [0.1, 0.15) is 4.88 Å². The van der Waals surface area contributed by atoms with Crippen molar-refractivity contribution in [3.05, 3.63) is 16.1 Å². The Morgan fingerprint density at radius 2 is 2.47 bits per heavy atom. The number of hydrogen-bond acceptors (Lipinski definition) is 4. The molecule has 82 valence electrons. The van der Waals surface area contributed by atoms with E-state index in [1.165, 1.54) is 11.3 Å². The van der Waals surface area contributed by atoms with Crippen LogP contribution in [0, 0.1) is 6.92 Å². The van der Waals surface area contributed by atoms with E-state index in [4.69, 9.17) is 0 Å². The molecule has 15 heavy (non-hydrogen) atoms. The van der Waals surface area contributed by atoms with Gasteiger partial charge in [0, 0.05) is 6.54 Å². The summed E-state index contributed by atoms with van der Waals surface area (Å²) < 4.78 is 0. The Morgan fingerprint density at radius 1 is 1.73 bits per heavy atom. The van der Waals surface area contributed by atoms with Gasteiger partial charge in [-0.2, -0.15) is 0 Å². The highest BCUT2D eigenvalue weighted by Crippen LogP contribution is 2.30. The van der Waals surface area contributed by atoms with Crippen LogP contribution in [-0.2, 0) is 0 Å². The van der Waals surface area contributed by atoms with Gasteiger partial charge in [-0.25, -0.2) is 4.98 Å². The van der Waals surface area contributed by atoms with Crippen LogP contribution in [0.2, 0.25) is 0 Å². The Hall–Kier alpha value is -0.940. The number of hydrogen-bond donors (Lipinski definition) is 2. The van der Waals surface area contributed by atoms with Crippen LogP contribution in [0.3, 0.4) is 0 Å². The van der Waals surface area contributed by atoms with E-state index >= 15 is 0 Å². The first-order valence-electron chi connectivity index (χ1n) is 5.01. The summed E-state index contributed by atoms with van der Waals surface area (Å²) in [6.45, 7) is 2.16. The summed E-state index contributed by atoms with van der Waals surface area (Å²) in [6.07, 6.45) is 2.62. The van der Waals surface area contributed by atoms with E-state index < -0.39 is 5.60 Å². The zero-order valence-corrected chi connectivity index (χ0v) is 9.43. The van der Waals surface area contributed by atoms with Gasteiger partial charge in [-0.15, -0.1) is 11.3 Å². The molecule has 1 saturated carbocycles. The lowest BCUT2D eigenvalue weighted by molar-refractivity contribution is -0.0300. The van der Waals surface area contributed by atoms with E-state index in [0.29, 0.717) is 11.4 Å². The van der Waals surface area contributed by atoms with E-state index in [2.05, 4.69) is 10.3 Å². The summed E-state index contributed by atoms with van der Waals surface area (Å²) in [5, 5.41) is 12.5. The van der Waals surface area contributed by atoms with E-state index in [1.807, 2.05) is 6.92 Å². The maximum absolute atomic E-state index is 11.7. The van der Waals surface area contributed by atoms with Crippen LogP contribution in [0.25, 0.3) is 0 Å². The molecular weight excluding hydrogens is 212 g/mol. The Morgan fingerprint density at radius 3 is 2.93 bits per heavy atom. The lowest BCUT2D eigenvalue weighted by Crippen LogP contribution is -2.47. The molecule has 2 N–H and O–H groups in total. The van der Waals surface area contributed by atoms with Crippen LogP contribution in [0.1, 0.15) is 34.6 Å². The van der Waals surface area contributed by atoms with Crippen molar-refractivity contribution in [2.75, 3.05) is 6.54 Å². The second kappa shape index (κ2) is 3.90. The summed E-state index contributed by atoms with van der Waals surface area (Å²) >= 11 is 1.33. The number of carbonyl (C=O) groups excluding carboxylic acids is 1. The standard InChI is InChI=1S/C10H14N2O2S/c1-7-8(15-6-12-7)9(13)11-5-10(14)3-2-4-10/h6,14H,2-5H2,1H3,(H,11,13). The fraction of sp³-hybridized carbons (Fsp3) is 0.600. The lowest BCUT2D eigenvalue weighted by Gasteiger charge is -2.36. The second-order valence-electron chi connectivity index (χ2n) is 4.03. The third-order valence-electron chi connectivity index (χ3n) is 2.81. The average Bonchev–Trinajstić information content (AvgIpc) is 2.58. The zero-order chi connectivity index (χ0) is 10.9. The number of aromatic nitrogens is 1. The molecule has 0 aromatic carbocycles.